The van der Waals surface area contributed by atoms with E-state index >= 15 is 0 Å². The summed E-state index contributed by atoms with van der Waals surface area (Å²) in [5.74, 6) is -0.726. The molecule has 0 atom stereocenters. The number of pyridine rings is 1. The minimum Gasteiger partial charge on any atom is -0.464 e. The molecule has 3 aromatic rings. The normalized spacial score (nSPS) is 15.0. The topological polar surface area (TPSA) is 163 Å². The van der Waals surface area contributed by atoms with Gasteiger partial charge in [-0.3, -0.25) is 10.1 Å². The van der Waals surface area contributed by atoms with E-state index < -0.39 is 43.8 Å². The zero-order valence-corrected chi connectivity index (χ0v) is 22.0. The van der Waals surface area contributed by atoms with Crippen molar-refractivity contribution in [2.45, 2.75) is 43.7 Å². The lowest BCUT2D eigenvalue weighted by atomic mass is 9.89. The van der Waals surface area contributed by atoms with Crippen LogP contribution in [0.3, 0.4) is 0 Å². The molecule has 1 aromatic carbocycles. The Balaban J connectivity index is 1.78. The monoisotopic (exact) mass is 545 g/mol. The van der Waals surface area contributed by atoms with E-state index in [1.165, 1.54) is 29.3 Å². The zero-order valence-electron chi connectivity index (χ0n) is 21.2. The van der Waals surface area contributed by atoms with Gasteiger partial charge >= 0.3 is 17.7 Å². The summed E-state index contributed by atoms with van der Waals surface area (Å²) in [4.78, 5) is 42.1. The van der Waals surface area contributed by atoms with E-state index in [4.69, 9.17) is 9.47 Å². The number of anilines is 1. The van der Waals surface area contributed by atoms with Gasteiger partial charge in [0.2, 0.25) is 0 Å². The second kappa shape index (κ2) is 9.59. The van der Waals surface area contributed by atoms with Crippen LogP contribution in [0.15, 0.2) is 53.7 Å². The minimum atomic E-state index is -4.07. The van der Waals surface area contributed by atoms with Gasteiger partial charge in [-0.25, -0.2) is 27.0 Å². The van der Waals surface area contributed by atoms with E-state index in [-0.39, 0.29) is 41.3 Å². The van der Waals surface area contributed by atoms with E-state index in [0.717, 1.165) is 10.2 Å². The lowest BCUT2D eigenvalue weighted by Gasteiger charge is -2.48. The number of fused-ring (bicyclic) bond motifs is 1. The molecule has 1 aliphatic heterocycles. The summed E-state index contributed by atoms with van der Waals surface area (Å²) in [5, 5.41) is 14.9. The number of nitrogens with one attached hydrogen (secondary N) is 1. The predicted molar refractivity (Wildman–Crippen MR) is 136 cm³/mol. The molecule has 4 rings (SSSR count). The van der Waals surface area contributed by atoms with Gasteiger partial charge in [-0.2, -0.15) is 0 Å². The van der Waals surface area contributed by atoms with Crippen LogP contribution in [0.1, 0.15) is 27.7 Å². The van der Waals surface area contributed by atoms with Gasteiger partial charge in [0.1, 0.15) is 17.5 Å². The first kappa shape index (κ1) is 26.9. The van der Waals surface area contributed by atoms with Crippen molar-refractivity contribution < 1.29 is 32.4 Å². The van der Waals surface area contributed by atoms with Gasteiger partial charge in [0.25, 0.3) is 10.0 Å². The number of likely N-dealkylation sites (tertiary alicyclic amines) is 1. The molecule has 13 nitrogen and oxygen atoms in total. The van der Waals surface area contributed by atoms with Crippen molar-refractivity contribution >= 4 is 44.5 Å². The summed E-state index contributed by atoms with van der Waals surface area (Å²) >= 11 is 0. The number of aromatic nitrogens is 2. The molecule has 1 amide bonds. The number of rotatable bonds is 7. The van der Waals surface area contributed by atoms with E-state index in [1.54, 1.807) is 45.9 Å². The third-order valence-corrected chi connectivity index (χ3v) is 7.44. The highest BCUT2D eigenvalue weighted by Gasteiger charge is 2.54. The highest BCUT2D eigenvalue weighted by Crippen LogP contribution is 2.38. The molecule has 38 heavy (non-hydrogen) atoms. The maximum atomic E-state index is 13.3. The largest absolute Gasteiger partial charge is 0.464 e. The molecule has 0 aliphatic carbocycles. The van der Waals surface area contributed by atoms with Crippen molar-refractivity contribution in [2.24, 2.45) is 0 Å². The summed E-state index contributed by atoms with van der Waals surface area (Å²) in [6.07, 6.45) is 1.50. The number of esters is 1. The summed E-state index contributed by atoms with van der Waals surface area (Å²) in [5.41, 5.74) is -2.99. The number of nitro groups is 1. The van der Waals surface area contributed by atoms with Gasteiger partial charge in [0.15, 0.2) is 11.2 Å². The second-order valence-corrected chi connectivity index (χ2v) is 11.5. The van der Waals surface area contributed by atoms with Crippen molar-refractivity contribution in [2.75, 3.05) is 25.0 Å². The molecule has 0 unspecified atom stereocenters. The van der Waals surface area contributed by atoms with Crippen LogP contribution in [-0.4, -0.2) is 70.1 Å². The molecule has 3 heterocycles. The maximum Gasteiger partial charge on any atom is 0.410 e. The van der Waals surface area contributed by atoms with Crippen LogP contribution in [0.5, 0.6) is 0 Å². The summed E-state index contributed by atoms with van der Waals surface area (Å²) in [6.45, 7) is 6.37. The van der Waals surface area contributed by atoms with Gasteiger partial charge in [-0.1, -0.05) is 18.2 Å². The molecular formula is C24H27N5O8S. The summed E-state index contributed by atoms with van der Waals surface area (Å²) < 4.78 is 38.0. The average Bonchev–Trinajstić information content (AvgIpc) is 3.26. The molecule has 1 fully saturated rings. The Kier molecular flexibility index (Phi) is 6.78. The Bertz CT molecular complexity index is 1510. The molecule has 0 radical (unpaired) electrons. The Morgan fingerprint density at radius 3 is 2.42 bits per heavy atom. The first-order chi connectivity index (χ1) is 17.8. The van der Waals surface area contributed by atoms with Crippen LogP contribution in [0, 0.1) is 10.1 Å². The molecular weight excluding hydrogens is 518 g/mol. The van der Waals surface area contributed by atoms with Crippen LogP contribution < -0.4 is 5.32 Å². The number of hydrogen-bond donors (Lipinski definition) is 1. The predicted octanol–water partition coefficient (Wildman–Crippen LogP) is 3.15. The third-order valence-electron chi connectivity index (χ3n) is 5.76. The van der Waals surface area contributed by atoms with Crippen molar-refractivity contribution in [3.05, 3.63) is 58.9 Å². The number of amides is 1. The van der Waals surface area contributed by atoms with Crippen LogP contribution in [0.4, 0.5) is 16.2 Å². The molecule has 202 valence electrons. The van der Waals surface area contributed by atoms with Crippen LogP contribution >= 0.6 is 0 Å². The third kappa shape index (κ3) is 4.86. The van der Waals surface area contributed by atoms with Crippen molar-refractivity contribution in [1.29, 1.82) is 0 Å². The molecule has 1 saturated heterocycles. The van der Waals surface area contributed by atoms with Crippen molar-refractivity contribution in [3.8, 4) is 0 Å². The maximum absolute atomic E-state index is 13.3. The highest BCUT2D eigenvalue weighted by molar-refractivity contribution is 7.90. The average molecular weight is 546 g/mol. The standard InChI is InChI=1S/C24H27N5O8S/c1-5-36-21(30)24(14-27(15-24)22(31)37-23(2,3)4)26-19-17-11-12-28(20(17)25-13-18(19)29(32)33)38(34,35)16-9-7-6-8-10-16/h6-13H,5,14-15H2,1-4H3,(H,25,26). The number of hydrogen-bond acceptors (Lipinski definition) is 10. The summed E-state index contributed by atoms with van der Waals surface area (Å²) in [7, 11) is -4.07. The van der Waals surface area contributed by atoms with E-state index in [2.05, 4.69) is 10.3 Å². The highest BCUT2D eigenvalue weighted by atomic mass is 32.2. The van der Waals surface area contributed by atoms with E-state index in [9.17, 15) is 28.1 Å². The molecule has 0 saturated carbocycles. The lowest BCUT2D eigenvalue weighted by molar-refractivity contribution is -0.384. The first-order valence-corrected chi connectivity index (χ1v) is 13.1. The van der Waals surface area contributed by atoms with Crippen LogP contribution in [0.2, 0.25) is 0 Å². The molecule has 0 bridgehead atoms. The quantitative estimate of drug-likeness (QED) is 0.265. The lowest BCUT2D eigenvalue weighted by Crippen LogP contribution is -2.72. The number of carbonyl (C=O) groups is 2. The Morgan fingerprint density at radius 2 is 1.84 bits per heavy atom. The molecule has 1 N–H and O–H groups in total. The SMILES string of the molecule is CCOC(=O)C1(Nc2c([N+](=O)[O-])cnc3c2ccn3S(=O)(=O)c2ccccc2)CN(C(=O)OC(C)(C)C)C1. The fourth-order valence-corrected chi connectivity index (χ4v) is 5.37. The minimum absolute atomic E-state index is 0.00199. The van der Waals surface area contributed by atoms with Gasteiger partial charge in [0, 0.05) is 6.20 Å². The molecule has 0 spiro atoms. The fraction of sp³-hybridized carbons (Fsp3) is 0.375. The van der Waals surface area contributed by atoms with Crippen molar-refractivity contribution in [1.82, 2.24) is 13.9 Å². The second-order valence-electron chi connectivity index (χ2n) is 9.71. The zero-order chi connectivity index (χ0) is 27.9. The number of nitrogens with zero attached hydrogens (tertiary/aromatic N) is 4. The van der Waals surface area contributed by atoms with E-state index in [0.29, 0.717) is 0 Å². The van der Waals surface area contributed by atoms with E-state index in [1.807, 2.05) is 0 Å². The molecule has 14 heteroatoms. The molecule has 1 aliphatic rings. The van der Waals surface area contributed by atoms with Gasteiger partial charge in [-0.15, -0.1) is 0 Å². The number of ether oxygens (including phenoxy) is 2. The number of benzene rings is 1. The van der Waals surface area contributed by atoms with Gasteiger partial charge < -0.3 is 19.7 Å². The fourth-order valence-electron chi connectivity index (χ4n) is 4.05. The van der Waals surface area contributed by atoms with Gasteiger partial charge in [-0.05, 0) is 45.9 Å². The van der Waals surface area contributed by atoms with Gasteiger partial charge in [0.05, 0.1) is 34.9 Å². The van der Waals surface area contributed by atoms with Crippen molar-refractivity contribution in [3.63, 3.8) is 0 Å². The Morgan fingerprint density at radius 1 is 1.18 bits per heavy atom. The van der Waals surface area contributed by atoms with Crippen LogP contribution in [-0.2, 0) is 24.3 Å². The molecule has 2 aromatic heterocycles. The summed E-state index contributed by atoms with van der Waals surface area (Å²) in [6, 6.07) is 9.01. The Hall–Kier alpha value is -4.20. The van der Waals surface area contributed by atoms with Crippen LogP contribution in [0.25, 0.3) is 11.0 Å². The number of carbonyl (C=O) groups excluding carboxylic acids is 2. The smallest absolute Gasteiger partial charge is 0.410 e. The Labute approximate surface area is 218 Å². The first-order valence-electron chi connectivity index (χ1n) is 11.7.